The predicted octanol–water partition coefficient (Wildman–Crippen LogP) is 3.92. The molecule has 7 nitrogen and oxygen atoms in total. The summed E-state index contributed by atoms with van der Waals surface area (Å²) in [6.07, 6.45) is 0.907. The summed E-state index contributed by atoms with van der Waals surface area (Å²) in [6.45, 7) is 6.22. The lowest BCUT2D eigenvalue weighted by molar-refractivity contribution is -0.172. The molecule has 0 bridgehead atoms. The molecule has 6 rings (SSSR count). The second-order valence-electron chi connectivity index (χ2n) is 10.3. The van der Waals surface area contributed by atoms with Gasteiger partial charge in [0.05, 0.1) is 35.6 Å². The minimum Gasteiger partial charge on any atom is -0.458 e. The molecular formula is C29H28N2O5. The van der Waals surface area contributed by atoms with Gasteiger partial charge in [-0.3, -0.25) is 4.79 Å². The van der Waals surface area contributed by atoms with Crippen LogP contribution < -0.4 is 5.56 Å². The molecular weight excluding hydrogens is 456 g/mol. The number of carbonyl (C=O) groups is 1. The highest BCUT2D eigenvalue weighted by atomic mass is 16.6. The maximum atomic E-state index is 13.6. The fourth-order valence-electron chi connectivity index (χ4n) is 5.77. The van der Waals surface area contributed by atoms with Crippen LogP contribution in [0.4, 0.5) is 0 Å². The molecule has 36 heavy (non-hydrogen) atoms. The summed E-state index contributed by atoms with van der Waals surface area (Å²) in [4.78, 5) is 31.1. The Balaban J connectivity index is 1.69. The summed E-state index contributed by atoms with van der Waals surface area (Å²) >= 11 is 0. The van der Waals surface area contributed by atoms with Crippen LogP contribution in [0.2, 0.25) is 0 Å². The van der Waals surface area contributed by atoms with Crippen LogP contribution in [0, 0.1) is 5.92 Å². The zero-order valence-corrected chi connectivity index (χ0v) is 20.6. The second-order valence-corrected chi connectivity index (χ2v) is 10.3. The number of cyclic esters (lactones) is 1. The van der Waals surface area contributed by atoms with Crippen molar-refractivity contribution in [2.24, 2.45) is 5.92 Å². The number of hydrogen-bond donors (Lipinski definition) is 2. The molecule has 0 spiro atoms. The number of aromatic nitrogens is 2. The van der Waals surface area contributed by atoms with Crippen molar-refractivity contribution in [3.8, 4) is 11.4 Å². The predicted molar refractivity (Wildman–Crippen MR) is 136 cm³/mol. The highest BCUT2D eigenvalue weighted by Gasteiger charge is 2.45. The average Bonchev–Trinajstić information content (AvgIpc) is 3.24. The van der Waals surface area contributed by atoms with E-state index >= 15 is 0 Å². The fourth-order valence-corrected chi connectivity index (χ4v) is 5.77. The second kappa shape index (κ2) is 7.98. The molecule has 0 fully saturated rings. The van der Waals surface area contributed by atoms with Crippen molar-refractivity contribution in [3.63, 3.8) is 0 Å². The number of rotatable bonds is 4. The highest BCUT2D eigenvalue weighted by molar-refractivity contribution is 6.09. The molecule has 0 saturated heterocycles. The minimum atomic E-state index is -1.85. The van der Waals surface area contributed by atoms with Gasteiger partial charge < -0.3 is 19.5 Å². The molecule has 4 heterocycles. The zero-order valence-electron chi connectivity index (χ0n) is 20.6. The third-order valence-corrected chi connectivity index (χ3v) is 7.64. The molecule has 2 aromatic heterocycles. The molecule has 0 aliphatic carbocycles. The van der Waals surface area contributed by atoms with Gasteiger partial charge in [-0.2, -0.15) is 0 Å². The van der Waals surface area contributed by atoms with Gasteiger partial charge >= 0.3 is 5.97 Å². The number of aliphatic hydroxyl groups excluding tert-OH is 1. The van der Waals surface area contributed by atoms with Crippen LogP contribution in [-0.4, -0.2) is 25.7 Å². The summed E-state index contributed by atoms with van der Waals surface area (Å²) < 4.78 is 6.89. The van der Waals surface area contributed by atoms with Crippen molar-refractivity contribution in [2.75, 3.05) is 0 Å². The van der Waals surface area contributed by atoms with E-state index in [1.165, 1.54) is 0 Å². The number of carbonyl (C=O) groups excluding carboxylic acids is 1. The first-order valence-corrected chi connectivity index (χ1v) is 12.4. The Morgan fingerprint density at radius 1 is 1.14 bits per heavy atom. The van der Waals surface area contributed by atoms with Gasteiger partial charge in [-0.25, -0.2) is 9.78 Å². The lowest BCUT2D eigenvalue weighted by atomic mass is 9.86. The molecule has 0 radical (unpaired) electrons. The van der Waals surface area contributed by atoms with Crippen molar-refractivity contribution in [1.29, 1.82) is 0 Å². The molecule has 1 atom stereocenters. The first-order valence-electron chi connectivity index (χ1n) is 12.4. The van der Waals surface area contributed by atoms with Crippen molar-refractivity contribution in [3.05, 3.63) is 74.6 Å². The lowest BCUT2D eigenvalue weighted by Gasteiger charge is -2.31. The molecule has 7 heteroatoms. The maximum Gasteiger partial charge on any atom is 0.343 e. The van der Waals surface area contributed by atoms with Gasteiger partial charge in [0.2, 0.25) is 0 Å². The topological polar surface area (TPSA) is 102 Å². The Morgan fingerprint density at radius 2 is 1.92 bits per heavy atom. The number of hydrogen-bond acceptors (Lipinski definition) is 6. The molecule has 2 N–H and O–H groups in total. The molecule has 2 aliphatic heterocycles. The number of esters is 1. The minimum absolute atomic E-state index is 0.0439. The van der Waals surface area contributed by atoms with Gasteiger partial charge in [-0.15, -0.1) is 0 Å². The van der Waals surface area contributed by atoms with E-state index < -0.39 is 11.6 Å². The van der Waals surface area contributed by atoms with E-state index in [1.54, 1.807) is 17.6 Å². The molecule has 0 unspecified atom stereocenters. The van der Waals surface area contributed by atoms with Gasteiger partial charge in [-0.1, -0.05) is 39.0 Å². The number of ether oxygens (including phenoxy) is 1. The number of aliphatic hydroxyl groups is 2. The molecule has 2 aromatic carbocycles. The lowest BCUT2D eigenvalue weighted by Crippen LogP contribution is -2.44. The van der Waals surface area contributed by atoms with Crippen molar-refractivity contribution >= 4 is 27.6 Å². The quantitative estimate of drug-likeness (QED) is 0.296. The molecule has 2 aliphatic rings. The Morgan fingerprint density at radius 3 is 2.64 bits per heavy atom. The van der Waals surface area contributed by atoms with Gasteiger partial charge in [0.15, 0.2) is 5.60 Å². The van der Waals surface area contributed by atoms with Crippen LogP contribution >= 0.6 is 0 Å². The molecule has 4 aromatic rings. The standard InChI is InChI=1S/C29H28N2O5/c1-4-29(35)22-11-24-26-20(12-31(24)27(33)21(22)14-36-28(29)34)19(9-15(2)3)25-18-10-16(13-32)5-6-17(18)7-8-23(25)30-26/h5-8,10-11,15,32,35H,4,9,12-14H2,1-3H3/t29-/m0/s1. The SMILES string of the molecule is CC[C@@]1(O)C(=O)OCc2c1cc1n(c2=O)Cc2c-1nc1ccc3ccc(CO)cc3c1c2CC(C)C. The number of benzene rings is 2. The third-order valence-electron chi connectivity index (χ3n) is 7.64. The Labute approximate surface area is 208 Å². The van der Waals surface area contributed by atoms with Crippen LogP contribution in [0.25, 0.3) is 33.1 Å². The number of nitrogens with zero attached hydrogens (tertiary/aromatic N) is 2. The van der Waals surface area contributed by atoms with Crippen LogP contribution in [0.5, 0.6) is 0 Å². The van der Waals surface area contributed by atoms with E-state index in [-0.39, 0.29) is 25.2 Å². The van der Waals surface area contributed by atoms with Crippen LogP contribution in [-0.2, 0) is 41.3 Å². The van der Waals surface area contributed by atoms with Crippen molar-refractivity contribution in [1.82, 2.24) is 9.55 Å². The first-order chi connectivity index (χ1) is 17.3. The van der Waals surface area contributed by atoms with Crippen LogP contribution in [0.1, 0.15) is 55.0 Å². The Kier molecular flexibility index (Phi) is 5.07. The Bertz CT molecular complexity index is 1650. The zero-order chi connectivity index (χ0) is 25.4. The van der Waals surface area contributed by atoms with E-state index in [4.69, 9.17) is 9.72 Å². The third kappa shape index (κ3) is 3.09. The van der Waals surface area contributed by atoms with E-state index in [2.05, 4.69) is 13.8 Å². The van der Waals surface area contributed by atoms with E-state index in [0.717, 1.165) is 44.8 Å². The van der Waals surface area contributed by atoms with E-state index in [1.807, 2.05) is 30.3 Å². The smallest absolute Gasteiger partial charge is 0.343 e. The summed E-state index contributed by atoms with van der Waals surface area (Å²) in [5.74, 6) is -0.362. The molecule has 0 amide bonds. The van der Waals surface area contributed by atoms with Gasteiger partial charge in [0.1, 0.15) is 6.61 Å². The van der Waals surface area contributed by atoms with Crippen LogP contribution in [0.15, 0.2) is 41.2 Å². The Hall–Kier alpha value is -3.55. The van der Waals surface area contributed by atoms with Gasteiger partial charge in [0.25, 0.3) is 5.56 Å². The highest BCUT2D eigenvalue weighted by Crippen LogP contribution is 2.42. The maximum absolute atomic E-state index is 13.6. The molecule has 0 saturated carbocycles. The summed E-state index contributed by atoms with van der Waals surface area (Å²) in [5.41, 5.74) is 3.66. The van der Waals surface area contributed by atoms with E-state index in [0.29, 0.717) is 35.0 Å². The van der Waals surface area contributed by atoms with E-state index in [9.17, 15) is 19.8 Å². The van der Waals surface area contributed by atoms with Crippen molar-refractivity contribution < 1.29 is 19.7 Å². The average molecular weight is 485 g/mol. The monoisotopic (exact) mass is 484 g/mol. The van der Waals surface area contributed by atoms with Crippen molar-refractivity contribution in [2.45, 2.75) is 59.0 Å². The first kappa shape index (κ1) is 22.9. The molecule has 184 valence electrons. The fraction of sp³-hybridized carbons (Fsp3) is 0.345. The van der Waals surface area contributed by atoms with Gasteiger partial charge in [0, 0.05) is 16.5 Å². The summed E-state index contributed by atoms with van der Waals surface area (Å²) in [5, 5.41) is 24.1. The number of fused-ring (bicyclic) bond motifs is 7. The van der Waals surface area contributed by atoms with Gasteiger partial charge in [-0.05, 0) is 58.9 Å². The normalized spacial score (nSPS) is 18.4. The largest absolute Gasteiger partial charge is 0.458 e. The summed E-state index contributed by atoms with van der Waals surface area (Å²) in [6, 6.07) is 11.7. The number of pyridine rings is 2. The summed E-state index contributed by atoms with van der Waals surface area (Å²) in [7, 11) is 0. The van der Waals surface area contributed by atoms with Crippen LogP contribution in [0.3, 0.4) is 0 Å².